The summed E-state index contributed by atoms with van der Waals surface area (Å²) in [6, 6.07) is -0.644. The minimum absolute atomic E-state index is 0.342. The predicted octanol–water partition coefficient (Wildman–Crippen LogP) is 1.80. The first kappa shape index (κ1) is 8.78. The van der Waals surface area contributed by atoms with Crippen molar-refractivity contribution in [1.29, 1.82) is 0 Å². The summed E-state index contributed by atoms with van der Waals surface area (Å²) >= 11 is 0. The molecule has 0 saturated carbocycles. The molecule has 2 amide bonds. The number of hydrogen-bond acceptors (Lipinski definition) is 1. The highest BCUT2D eigenvalue weighted by molar-refractivity contribution is 5.75. The van der Waals surface area contributed by atoms with Crippen molar-refractivity contribution in [2.75, 3.05) is 0 Å². The first-order valence-electron chi connectivity index (χ1n) is 2.83. The average Bonchev–Trinajstić information content (AvgIpc) is 1.59. The van der Waals surface area contributed by atoms with Crippen molar-refractivity contribution < 1.29 is 4.79 Å². The van der Waals surface area contributed by atoms with Crippen molar-refractivity contribution >= 4 is 6.03 Å². The summed E-state index contributed by atoms with van der Waals surface area (Å²) in [6.07, 6.45) is 0. The lowest BCUT2D eigenvalue weighted by atomic mass is 10.1. The Morgan fingerprint density at radius 3 is 2.40 bits per heavy atom. The Hall–Kier alpha value is -1.22. The molecule has 0 radical (unpaired) electrons. The highest BCUT2D eigenvalue weighted by Gasteiger charge is 2.11. The van der Waals surface area contributed by atoms with Crippen LogP contribution in [0.15, 0.2) is 5.11 Å². The van der Waals surface area contributed by atoms with Crippen LogP contribution in [0.2, 0.25) is 0 Å². The van der Waals surface area contributed by atoms with Gasteiger partial charge in [0.15, 0.2) is 0 Å². The van der Waals surface area contributed by atoms with E-state index in [1.54, 1.807) is 20.8 Å². The van der Waals surface area contributed by atoms with Crippen LogP contribution in [0.5, 0.6) is 0 Å². The van der Waals surface area contributed by atoms with E-state index in [1.807, 2.05) is 0 Å². The van der Waals surface area contributed by atoms with Gasteiger partial charge in [0.25, 0.3) is 0 Å². The lowest BCUT2D eigenvalue weighted by Crippen LogP contribution is -2.38. The van der Waals surface area contributed by atoms with Gasteiger partial charge in [0.1, 0.15) is 0 Å². The summed E-state index contributed by atoms with van der Waals surface area (Å²) in [5.74, 6) is 0. The second-order valence-corrected chi connectivity index (χ2v) is 2.87. The molecule has 5 nitrogen and oxygen atoms in total. The Morgan fingerprint density at radius 1 is 1.60 bits per heavy atom. The predicted molar refractivity (Wildman–Crippen MR) is 37.4 cm³/mol. The zero-order valence-corrected chi connectivity index (χ0v) is 6.25. The molecule has 0 heterocycles. The van der Waals surface area contributed by atoms with E-state index in [2.05, 4.69) is 15.3 Å². The summed E-state index contributed by atoms with van der Waals surface area (Å²) < 4.78 is 0. The quantitative estimate of drug-likeness (QED) is 0.312. The maximum atomic E-state index is 10.5. The molecule has 0 aliphatic heterocycles. The van der Waals surface area contributed by atoms with Gasteiger partial charge in [0.05, 0.1) is 0 Å². The van der Waals surface area contributed by atoms with E-state index >= 15 is 0 Å². The molecule has 10 heavy (non-hydrogen) atoms. The number of carbonyl (C=O) groups is 1. The molecular formula is C5H10N4O. The second kappa shape index (κ2) is 3.08. The van der Waals surface area contributed by atoms with E-state index in [4.69, 9.17) is 5.53 Å². The summed E-state index contributed by atoms with van der Waals surface area (Å²) in [7, 11) is 0. The van der Waals surface area contributed by atoms with Crippen LogP contribution in [-0.4, -0.2) is 11.6 Å². The normalized spacial score (nSPS) is 9.90. The Balaban J connectivity index is 3.92. The second-order valence-electron chi connectivity index (χ2n) is 2.87. The fourth-order valence-corrected chi connectivity index (χ4v) is 0.386. The standard InChI is InChI=1S/C5H10N4O/c1-5(2,3)7-4(10)8-9-6/h1-3H3,(H,7,10). The van der Waals surface area contributed by atoms with Crippen LogP contribution >= 0.6 is 0 Å². The maximum absolute atomic E-state index is 10.5. The van der Waals surface area contributed by atoms with Gasteiger partial charge in [0, 0.05) is 15.6 Å². The molecular weight excluding hydrogens is 132 g/mol. The highest BCUT2D eigenvalue weighted by Crippen LogP contribution is 1.98. The topological polar surface area (TPSA) is 77.9 Å². The first-order valence-corrected chi connectivity index (χ1v) is 2.83. The Kier molecular flexibility index (Phi) is 2.70. The van der Waals surface area contributed by atoms with Crippen LogP contribution in [0.4, 0.5) is 4.79 Å². The zero-order chi connectivity index (χ0) is 8.20. The van der Waals surface area contributed by atoms with Gasteiger partial charge >= 0.3 is 6.03 Å². The number of azide groups is 1. The molecule has 0 aromatic carbocycles. The SMILES string of the molecule is CC(C)(C)NC(=O)N=[N+]=[N-]. The number of rotatable bonds is 0. The number of carbonyl (C=O) groups excluding carboxylic acids is 1. The van der Waals surface area contributed by atoms with E-state index < -0.39 is 6.03 Å². The molecule has 1 N–H and O–H groups in total. The van der Waals surface area contributed by atoms with E-state index in [-0.39, 0.29) is 5.54 Å². The minimum atomic E-state index is -0.644. The van der Waals surface area contributed by atoms with Gasteiger partial charge in [-0.05, 0) is 26.3 Å². The average molecular weight is 142 g/mol. The Bertz CT molecular complexity index is 175. The molecule has 0 rings (SSSR count). The van der Waals surface area contributed by atoms with E-state index in [0.717, 1.165) is 0 Å². The van der Waals surface area contributed by atoms with Gasteiger partial charge in [-0.25, -0.2) is 0 Å². The number of urea groups is 1. The molecule has 0 aromatic heterocycles. The number of nitrogens with one attached hydrogen (secondary N) is 1. The van der Waals surface area contributed by atoms with Crippen LogP contribution < -0.4 is 5.32 Å². The summed E-state index contributed by atoms with van der Waals surface area (Å²) in [4.78, 5) is 12.9. The summed E-state index contributed by atoms with van der Waals surface area (Å²) in [5, 5.41) is 5.30. The van der Waals surface area contributed by atoms with Crippen LogP contribution in [0, 0.1) is 0 Å². The molecule has 0 spiro atoms. The van der Waals surface area contributed by atoms with Gasteiger partial charge in [-0.15, -0.1) is 0 Å². The van der Waals surface area contributed by atoms with Gasteiger partial charge < -0.3 is 5.32 Å². The molecule has 0 atom stereocenters. The largest absolute Gasteiger partial charge is 0.346 e. The van der Waals surface area contributed by atoms with Crippen LogP contribution in [0.1, 0.15) is 20.8 Å². The molecule has 0 saturated heterocycles. The highest BCUT2D eigenvalue weighted by atomic mass is 16.2. The molecule has 5 heteroatoms. The summed E-state index contributed by atoms with van der Waals surface area (Å²) in [5.41, 5.74) is 7.49. The molecule has 0 unspecified atom stereocenters. The fraction of sp³-hybridized carbons (Fsp3) is 0.800. The van der Waals surface area contributed by atoms with Gasteiger partial charge in [0.2, 0.25) is 0 Å². The lowest BCUT2D eigenvalue weighted by Gasteiger charge is -2.18. The number of hydrogen-bond donors (Lipinski definition) is 1. The zero-order valence-electron chi connectivity index (χ0n) is 6.25. The third-order valence-corrected chi connectivity index (χ3v) is 0.617. The number of nitrogens with zero attached hydrogens (tertiary/aromatic N) is 3. The first-order chi connectivity index (χ1) is 4.45. The molecule has 0 bridgehead atoms. The molecule has 0 aliphatic carbocycles. The van der Waals surface area contributed by atoms with E-state index in [0.29, 0.717) is 0 Å². The minimum Gasteiger partial charge on any atom is -0.346 e. The van der Waals surface area contributed by atoms with Crippen LogP contribution in [-0.2, 0) is 0 Å². The van der Waals surface area contributed by atoms with Crippen LogP contribution in [0.25, 0.3) is 10.4 Å². The summed E-state index contributed by atoms with van der Waals surface area (Å²) in [6.45, 7) is 5.41. The molecule has 0 aliphatic rings. The van der Waals surface area contributed by atoms with Crippen LogP contribution in [0.3, 0.4) is 0 Å². The van der Waals surface area contributed by atoms with Gasteiger partial charge in [-0.2, -0.15) is 0 Å². The third-order valence-electron chi connectivity index (χ3n) is 0.617. The smallest absolute Gasteiger partial charge is 0.308 e. The third kappa shape index (κ3) is 4.93. The molecule has 56 valence electrons. The van der Waals surface area contributed by atoms with Crippen molar-refractivity contribution in [2.45, 2.75) is 26.3 Å². The van der Waals surface area contributed by atoms with Crippen molar-refractivity contribution in [3.63, 3.8) is 0 Å². The fourth-order valence-electron chi connectivity index (χ4n) is 0.386. The van der Waals surface area contributed by atoms with E-state index in [1.165, 1.54) is 0 Å². The van der Waals surface area contributed by atoms with Crippen molar-refractivity contribution in [3.8, 4) is 0 Å². The van der Waals surface area contributed by atoms with Crippen molar-refractivity contribution in [2.24, 2.45) is 5.11 Å². The molecule has 0 fully saturated rings. The lowest BCUT2D eigenvalue weighted by molar-refractivity contribution is 0.240. The van der Waals surface area contributed by atoms with E-state index in [9.17, 15) is 4.79 Å². The van der Waals surface area contributed by atoms with Gasteiger partial charge in [-0.3, -0.25) is 4.79 Å². The maximum Gasteiger partial charge on any atom is 0.308 e. The molecule has 0 aromatic rings. The van der Waals surface area contributed by atoms with Crippen molar-refractivity contribution in [1.82, 2.24) is 5.32 Å². The Labute approximate surface area is 59.0 Å². The van der Waals surface area contributed by atoms with Crippen molar-refractivity contribution in [3.05, 3.63) is 10.4 Å². The number of amides is 2. The monoisotopic (exact) mass is 142 g/mol. The van der Waals surface area contributed by atoms with Gasteiger partial charge in [-0.1, -0.05) is 0 Å². The Morgan fingerprint density at radius 2 is 2.10 bits per heavy atom.